The molecule has 0 saturated heterocycles. The van der Waals surface area contributed by atoms with Crippen molar-refractivity contribution in [2.24, 2.45) is 4.99 Å². The molecule has 2 atom stereocenters. The number of unbranched alkanes of at least 4 members (excludes halogenated alkanes) is 5. The highest BCUT2D eigenvalue weighted by Gasteiger charge is 2.25. The first-order valence-corrected chi connectivity index (χ1v) is 11.7. The minimum Gasteiger partial charge on any atom is -0.454 e. The Morgan fingerprint density at radius 2 is 1.52 bits per heavy atom. The molecule has 2 unspecified atom stereocenters. The van der Waals surface area contributed by atoms with Crippen LogP contribution in [0.3, 0.4) is 0 Å². The summed E-state index contributed by atoms with van der Waals surface area (Å²) < 4.78 is 12.0. The lowest BCUT2D eigenvalue weighted by Crippen LogP contribution is -2.33. The van der Waals surface area contributed by atoms with Crippen molar-refractivity contribution in [3.63, 3.8) is 0 Å². The van der Waals surface area contributed by atoms with Crippen LogP contribution in [0.15, 0.2) is 65.7 Å². The normalized spacial score (nSPS) is 13.2. The number of nitrogens with zero attached hydrogens (tertiary/aromatic N) is 1. The molecule has 0 aliphatic carbocycles. The molecule has 0 bridgehead atoms. The van der Waals surface area contributed by atoms with Gasteiger partial charge in [-0.2, -0.15) is 0 Å². The van der Waals surface area contributed by atoms with E-state index in [1.165, 1.54) is 25.7 Å². The van der Waals surface area contributed by atoms with Crippen LogP contribution < -0.4 is 0 Å². The van der Waals surface area contributed by atoms with Crippen molar-refractivity contribution < 1.29 is 14.3 Å². The van der Waals surface area contributed by atoms with Crippen molar-refractivity contribution >= 4 is 12.2 Å². The largest absolute Gasteiger partial charge is 0.454 e. The zero-order valence-electron chi connectivity index (χ0n) is 19.0. The molecule has 0 spiro atoms. The Morgan fingerprint density at radius 1 is 0.871 bits per heavy atom. The van der Waals surface area contributed by atoms with Crippen LogP contribution >= 0.6 is 0 Å². The van der Waals surface area contributed by atoms with Crippen molar-refractivity contribution in [3.05, 3.63) is 71.8 Å². The minimum atomic E-state index is -0.511. The topological polar surface area (TPSA) is 47.9 Å². The molecule has 0 amide bonds. The van der Waals surface area contributed by atoms with Crippen LogP contribution in [0.5, 0.6) is 0 Å². The number of ether oxygens (including phenoxy) is 2. The van der Waals surface area contributed by atoms with Crippen LogP contribution in [0.25, 0.3) is 0 Å². The Kier molecular flexibility index (Phi) is 12.3. The van der Waals surface area contributed by atoms with Crippen molar-refractivity contribution in [3.8, 4) is 0 Å². The van der Waals surface area contributed by atoms with Crippen molar-refractivity contribution in [2.75, 3.05) is 6.61 Å². The van der Waals surface area contributed by atoms with Gasteiger partial charge in [-0.25, -0.2) is 4.79 Å². The number of esters is 1. The van der Waals surface area contributed by atoms with Gasteiger partial charge in [-0.05, 0) is 30.5 Å². The fourth-order valence-electron chi connectivity index (χ4n) is 3.36. The molecule has 0 aromatic heterocycles. The first-order valence-electron chi connectivity index (χ1n) is 11.7. The predicted molar refractivity (Wildman–Crippen MR) is 128 cm³/mol. The smallest absolute Gasteiger partial charge is 0.338 e. The number of carbonyl (C=O) groups is 1. The Morgan fingerprint density at radius 3 is 2.19 bits per heavy atom. The molecule has 0 aliphatic rings. The van der Waals surface area contributed by atoms with E-state index in [1.54, 1.807) is 12.1 Å². The first-order chi connectivity index (χ1) is 15.2. The van der Waals surface area contributed by atoms with Gasteiger partial charge in [0.2, 0.25) is 0 Å². The molecular formula is C27H37NO3. The van der Waals surface area contributed by atoms with E-state index < -0.39 is 12.3 Å². The van der Waals surface area contributed by atoms with Gasteiger partial charge in [0.25, 0.3) is 0 Å². The van der Waals surface area contributed by atoms with Gasteiger partial charge in [-0.1, -0.05) is 101 Å². The highest BCUT2D eigenvalue weighted by Crippen LogP contribution is 2.17. The lowest BCUT2D eigenvalue weighted by molar-refractivity contribution is -0.0525. The zero-order chi connectivity index (χ0) is 22.2. The van der Waals surface area contributed by atoms with Gasteiger partial charge >= 0.3 is 5.97 Å². The van der Waals surface area contributed by atoms with Gasteiger partial charge in [-0.3, -0.25) is 4.99 Å². The summed E-state index contributed by atoms with van der Waals surface area (Å²) in [6.45, 7) is 4.92. The number of rotatable bonds is 15. The van der Waals surface area contributed by atoms with E-state index in [0.29, 0.717) is 18.6 Å². The number of aliphatic imine (C=N–C) groups is 1. The molecule has 0 saturated carbocycles. The van der Waals surface area contributed by atoms with Gasteiger partial charge in [-0.15, -0.1) is 0 Å². The fourth-order valence-corrected chi connectivity index (χ4v) is 3.36. The second-order valence-electron chi connectivity index (χ2n) is 7.82. The number of hydrogen-bond acceptors (Lipinski definition) is 4. The maximum absolute atomic E-state index is 12.7. The summed E-state index contributed by atoms with van der Waals surface area (Å²) in [5.74, 6) is -0.331. The molecule has 0 radical (unpaired) electrons. The fraction of sp³-hybridized carbons (Fsp3) is 0.481. The number of hydrogen-bond donors (Lipinski definition) is 0. The third-order valence-corrected chi connectivity index (χ3v) is 5.12. The van der Waals surface area contributed by atoms with E-state index in [9.17, 15) is 4.79 Å². The summed E-state index contributed by atoms with van der Waals surface area (Å²) in [5.41, 5.74) is 1.55. The van der Waals surface area contributed by atoms with E-state index in [1.807, 2.05) is 54.7 Å². The second kappa shape index (κ2) is 15.4. The first kappa shape index (κ1) is 24.8. The molecule has 2 aromatic rings. The lowest BCUT2D eigenvalue weighted by Gasteiger charge is -2.24. The quantitative estimate of drug-likeness (QED) is 0.179. The number of carbonyl (C=O) groups excluding carboxylic acids is 1. The summed E-state index contributed by atoms with van der Waals surface area (Å²) in [6, 6.07) is 19.0. The lowest BCUT2D eigenvalue weighted by atomic mass is 10.1. The van der Waals surface area contributed by atoms with Crippen LogP contribution in [-0.4, -0.2) is 31.1 Å². The maximum Gasteiger partial charge on any atom is 0.338 e. The Hall–Kier alpha value is -2.46. The molecule has 0 aliphatic heterocycles. The third-order valence-electron chi connectivity index (χ3n) is 5.12. The van der Waals surface area contributed by atoms with E-state index in [-0.39, 0.29) is 5.97 Å². The average molecular weight is 424 g/mol. The van der Waals surface area contributed by atoms with Crippen LogP contribution in [-0.2, 0) is 9.47 Å². The van der Waals surface area contributed by atoms with Crippen molar-refractivity contribution in [2.45, 2.75) is 77.5 Å². The Balaban J connectivity index is 2.03. The van der Waals surface area contributed by atoms with Crippen LogP contribution in [0.1, 0.15) is 81.1 Å². The molecule has 2 rings (SSSR count). The zero-order valence-corrected chi connectivity index (χ0v) is 19.0. The molecule has 4 heteroatoms. The SMILES string of the molecule is CCCCCCCCOC(N=Cc1ccccc1)C(CCC)OC(=O)c1ccccc1. The van der Waals surface area contributed by atoms with Gasteiger partial charge in [0.05, 0.1) is 5.56 Å². The van der Waals surface area contributed by atoms with Crippen molar-refractivity contribution in [1.29, 1.82) is 0 Å². The van der Waals surface area contributed by atoms with Crippen LogP contribution in [0.4, 0.5) is 0 Å². The summed E-state index contributed by atoms with van der Waals surface area (Å²) in [4.78, 5) is 17.3. The third kappa shape index (κ3) is 9.93. The molecule has 4 nitrogen and oxygen atoms in total. The van der Waals surface area contributed by atoms with Crippen molar-refractivity contribution in [1.82, 2.24) is 0 Å². The van der Waals surface area contributed by atoms with E-state index in [4.69, 9.17) is 9.47 Å². The molecule has 0 fully saturated rings. The summed E-state index contributed by atoms with van der Waals surface area (Å²) >= 11 is 0. The van der Waals surface area contributed by atoms with Crippen LogP contribution in [0, 0.1) is 0 Å². The monoisotopic (exact) mass is 423 g/mol. The number of benzene rings is 2. The maximum atomic E-state index is 12.7. The Bertz CT molecular complexity index is 746. The Labute approximate surface area is 187 Å². The molecule has 168 valence electrons. The highest BCUT2D eigenvalue weighted by molar-refractivity contribution is 5.89. The summed E-state index contributed by atoms with van der Waals surface area (Å²) in [6.07, 6.45) is 9.65. The minimum absolute atomic E-state index is 0.331. The van der Waals surface area contributed by atoms with E-state index in [2.05, 4.69) is 18.8 Å². The molecule has 0 heterocycles. The summed E-state index contributed by atoms with van der Waals surface area (Å²) in [5, 5.41) is 0. The average Bonchev–Trinajstić information content (AvgIpc) is 2.81. The van der Waals surface area contributed by atoms with Gasteiger partial charge < -0.3 is 9.47 Å². The van der Waals surface area contributed by atoms with E-state index >= 15 is 0 Å². The molecule has 31 heavy (non-hydrogen) atoms. The molecule has 2 aromatic carbocycles. The highest BCUT2D eigenvalue weighted by atomic mass is 16.6. The summed E-state index contributed by atoms with van der Waals surface area (Å²) in [7, 11) is 0. The molecule has 0 N–H and O–H groups in total. The van der Waals surface area contributed by atoms with Gasteiger partial charge in [0, 0.05) is 12.8 Å². The standard InChI is InChI=1S/C27H37NO3/c1-3-5-6-7-8-15-21-30-26(28-22-23-17-11-9-12-18-23)25(16-4-2)31-27(29)24-19-13-10-14-20-24/h9-14,17-20,22,25-26H,3-8,15-16,21H2,1-2H3. The van der Waals surface area contributed by atoms with Gasteiger partial charge in [0.1, 0.15) is 6.10 Å². The molecular weight excluding hydrogens is 386 g/mol. The second-order valence-corrected chi connectivity index (χ2v) is 7.82. The van der Waals surface area contributed by atoms with E-state index in [0.717, 1.165) is 24.8 Å². The predicted octanol–water partition coefficient (Wildman–Crippen LogP) is 6.83. The van der Waals surface area contributed by atoms with Gasteiger partial charge in [0.15, 0.2) is 6.23 Å². The van der Waals surface area contributed by atoms with Crippen LogP contribution in [0.2, 0.25) is 0 Å².